The van der Waals surface area contributed by atoms with Gasteiger partial charge < -0.3 is 30.3 Å². The Labute approximate surface area is 253 Å². The molecule has 11 nitrogen and oxygen atoms in total. The number of alkyl carbamates (subject to hydrolysis) is 1. The summed E-state index contributed by atoms with van der Waals surface area (Å²) in [5.41, 5.74) is 1.44. The first-order valence-electron chi connectivity index (χ1n) is 14.7. The average Bonchev–Trinajstić information content (AvgIpc) is 3.53. The molecule has 6 unspecified atom stereocenters. The predicted octanol–water partition coefficient (Wildman–Crippen LogP) is 2.21. The molecule has 0 spiro atoms. The Bertz CT molecular complexity index is 1320. The number of hydrogen-bond acceptors (Lipinski definition) is 8. The highest BCUT2D eigenvalue weighted by Gasteiger charge is 2.46. The zero-order chi connectivity index (χ0) is 31.1. The first-order chi connectivity index (χ1) is 20.5. The van der Waals surface area contributed by atoms with Crippen LogP contribution in [0, 0.1) is 11.8 Å². The molecule has 2 aromatic rings. The monoisotopic (exact) mass is 617 g/mol. The number of hydrogen-bond donors (Lipinski definition) is 4. The van der Waals surface area contributed by atoms with Crippen molar-refractivity contribution in [3.8, 4) is 0 Å². The Morgan fingerprint density at radius 1 is 1.05 bits per heavy atom. The quantitative estimate of drug-likeness (QED) is 0.267. The van der Waals surface area contributed by atoms with E-state index in [1.165, 1.54) is 23.4 Å². The molecule has 1 aliphatic carbocycles. The number of aliphatic hydroxyl groups excluding tert-OH is 2. The van der Waals surface area contributed by atoms with Gasteiger partial charge in [0.05, 0.1) is 42.4 Å². The lowest BCUT2D eigenvalue weighted by Gasteiger charge is -2.31. The van der Waals surface area contributed by atoms with Crippen LogP contribution in [0.25, 0.3) is 0 Å². The molecule has 2 aromatic carbocycles. The molecule has 236 valence electrons. The van der Waals surface area contributed by atoms with Crippen LogP contribution in [0.3, 0.4) is 0 Å². The average molecular weight is 618 g/mol. The zero-order valence-electron chi connectivity index (χ0n) is 24.9. The van der Waals surface area contributed by atoms with Gasteiger partial charge in [0, 0.05) is 32.4 Å². The van der Waals surface area contributed by atoms with Gasteiger partial charge in [0.15, 0.2) is 0 Å². The van der Waals surface area contributed by atoms with Gasteiger partial charge >= 0.3 is 6.09 Å². The normalized spacial score (nSPS) is 23.1. The lowest BCUT2D eigenvalue weighted by Crippen LogP contribution is -2.51. The molecule has 4 N–H and O–H groups in total. The molecular formula is C31H43N3O8S. The fourth-order valence-electron chi connectivity index (χ4n) is 5.88. The third kappa shape index (κ3) is 8.76. The van der Waals surface area contributed by atoms with Gasteiger partial charge in [-0.3, -0.25) is 4.79 Å². The molecule has 2 amide bonds. The minimum atomic E-state index is -3.99. The van der Waals surface area contributed by atoms with E-state index in [1.54, 1.807) is 12.1 Å². The van der Waals surface area contributed by atoms with Crippen molar-refractivity contribution in [1.29, 1.82) is 0 Å². The number of carbonyl (C=O) groups excluding carboxylic acids is 2. The number of benzene rings is 2. The van der Waals surface area contributed by atoms with E-state index in [0.717, 1.165) is 5.56 Å². The Kier molecular flexibility index (Phi) is 11.2. The summed E-state index contributed by atoms with van der Waals surface area (Å²) >= 11 is 0. The van der Waals surface area contributed by atoms with E-state index in [0.29, 0.717) is 25.0 Å². The van der Waals surface area contributed by atoms with Crippen LogP contribution in [0.1, 0.15) is 44.7 Å². The Morgan fingerprint density at radius 2 is 1.74 bits per heavy atom. The summed E-state index contributed by atoms with van der Waals surface area (Å²) in [7, 11) is -3.99. The van der Waals surface area contributed by atoms with Crippen molar-refractivity contribution in [2.75, 3.05) is 19.7 Å². The van der Waals surface area contributed by atoms with Crippen LogP contribution in [0.2, 0.25) is 0 Å². The summed E-state index contributed by atoms with van der Waals surface area (Å²) in [4.78, 5) is 24.7. The molecule has 1 heterocycles. The van der Waals surface area contributed by atoms with Crippen LogP contribution in [0.4, 0.5) is 4.79 Å². The summed E-state index contributed by atoms with van der Waals surface area (Å²) in [6, 6.07) is 14.3. The molecule has 2 aliphatic rings. The number of rotatable bonds is 13. The van der Waals surface area contributed by atoms with E-state index >= 15 is 0 Å². The van der Waals surface area contributed by atoms with E-state index < -0.39 is 34.4 Å². The maximum absolute atomic E-state index is 13.6. The molecule has 2 fully saturated rings. The highest BCUT2D eigenvalue weighted by Crippen LogP contribution is 2.37. The van der Waals surface area contributed by atoms with Gasteiger partial charge in [0.25, 0.3) is 0 Å². The molecule has 43 heavy (non-hydrogen) atoms. The lowest BCUT2D eigenvalue weighted by atomic mass is 9.99. The maximum atomic E-state index is 13.6. The van der Waals surface area contributed by atoms with Gasteiger partial charge in [0.1, 0.15) is 6.10 Å². The van der Waals surface area contributed by atoms with Crippen LogP contribution >= 0.6 is 0 Å². The first-order valence-corrected chi connectivity index (χ1v) is 16.2. The van der Waals surface area contributed by atoms with Gasteiger partial charge in [-0.15, -0.1) is 0 Å². The number of nitrogens with one attached hydrogen (secondary N) is 2. The molecule has 12 heteroatoms. The summed E-state index contributed by atoms with van der Waals surface area (Å²) in [6.45, 7) is 5.37. The number of fused-ring (bicyclic) bond motifs is 1. The smallest absolute Gasteiger partial charge is 0.407 e. The highest BCUT2D eigenvalue weighted by atomic mass is 32.2. The Morgan fingerprint density at radius 3 is 2.37 bits per heavy atom. The highest BCUT2D eigenvalue weighted by molar-refractivity contribution is 7.89. The SMILES string of the molecule is CC(=O)NC1COC2CC(OC(=O)NC(Cc3ccccc3)C(O)CN(CC(C)C)S(=O)(=O)c3ccc(CO)cc3)CC12. The zero-order valence-corrected chi connectivity index (χ0v) is 25.7. The lowest BCUT2D eigenvalue weighted by molar-refractivity contribution is -0.119. The summed E-state index contributed by atoms with van der Waals surface area (Å²) in [6.07, 6.45) is -1.18. The molecule has 1 saturated heterocycles. The minimum absolute atomic E-state index is 0.0328. The molecule has 0 aromatic heterocycles. The first kappa shape index (κ1) is 32.9. The second kappa shape index (κ2) is 14.6. The van der Waals surface area contributed by atoms with Gasteiger partial charge in [-0.25, -0.2) is 13.2 Å². The second-order valence-corrected chi connectivity index (χ2v) is 13.8. The van der Waals surface area contributed by atoms with Crippen LogP contribution < -0.4 is 10.6 Å². The third-order valence-corrected chi connectivity index (χ3v) is 9.79. The van der Waals surface area contributed by atoms with Crippen LogP contribution in [0.15, 0.2) is 59.5 Å². The van der Waals surface area contributed by atoms with Gasteiger partial charge in [0.2, 0.25) is 15.9 Å². The number of amides is 2. The van der Waals surface area contributed by atoms with Crippen LogP contribution in [0.5, 0.6) is 0 Å². The molecule has 4 rings (SSSR count). The largest absolute Gasteiger partial charge is 0.446 e. The topological polar surface area (TPSA) is 154 Å². The Hall–Kier alpha value is -3.03. The number of nitrogens with zero attached hydrogens (tertiary/aromatic N) is 1. The maximum Gasteiger partial charge on any atom is 0.407 e. The summed E-state index contributed by atoms with van der Waals surface area (Å²) < 4.78 is 40.0. The summed E-state index contributed by atoms with van der Waals surface area (Å²) in [5, 5.41) is 26.5. The van der Waals surface area contributed by atoms with Crippen molar-refractivity contribution in [2.24, 2.45) is 11.8 Å². The van der Waals surface area contributed by atoms with Crippen molar-refractivity contribution >= 4 is 22.0 Å². The van der Waals surface area contributed by atoms with E-state index in [9.17, 15) is 28.2 Å². The Balaban J connectivity index is 1.47. The summed E-state index contributed by atoms with van der Waals surface area (Å²) in [5.74, 6) is -0.118. The number of aliphatic hydroxyl groups is 2. The fraction of sp³-hybridized carbons (Fsp3) is 0.548. The standard InChI is InChI=1S/C31H43N3O8S/c1-20(2)16-34(43(39,40)25-11-9-23(18-35)10-12-25)17-29(37)27(13-22-7-5-4-6-8-22)33-31(38)42-24-14-26-28(32-21(3)36)19-41-30(26)15-24/h4-12,20,24,26-30,35,37H,13-19H2,1-3H3,(H,32,36)(H,33,38). The fourth-order valence-corrected chi connectivity index (χ4v) is 7.50. The van der Waals surface area contributed by atoms with Crippen molar-refractivity contribution in [3.63, 3.8) is 0 Å². The van der Waals surface area contributed by atoms with E-state index in [-0.39, 0.29) is 60.9 Å². The van der Waals surface area contributed by atoms with Gasteiger partial charge in [-0.2, -0.15) is 4.31 Å². The number of sulfonamides is 1. The molecule has 1 aliphatic heterocycles. The van der Waals surface area contributed by atoms with E-state index in [2.05, 4.69) is 10.6 Å². The van der Waals surface area contributed by atoms with E-state index in [4.69, 9.17) is 9.47 Å². The molecule has 0 bridgehead atoms. The number of carbonyl (C=O) groups is 2. The van der Waals surface area contributed by atoms with Crippen molar-refractivity contribution in [3.05, 3.63) is 65.7 Å². The molecule has 1 saturated carbocycles. The van der Waals surface area contributed by atoms with E-state index in [1.807, 2.05) is 44.2 Å². The second-order valence-electron chi connectivity index (χ2n) is 11.9. The number of ether oxygens (including phenoxy) is 2. The van der Waals surface area contributed by atoms with Crippen LogP contribution in [-0.2, 0) is 37.3 Å². The van der Waals surface area contributed by atoms with Gasteiger partial charge in [-0.05, 0) is 42.0 Å². The molecule has 0 radical (unpaired) electrons. The van der Waals surface area contributed by atoms with Crippen molar-refractivity contribution < 1.29 is 37.7 Å². The molecular weight excluding hydrogens is 574 g/mol. The van der Waals surface area contributed by atoms with Crippen molar-refractivity contribution in [2.45, 2.75) is 81.9 Å². The third-order valence-electron chi connectivity index (χ3n) is 7.95. The van der Waals surface area contributed by atoms with Crippen LogP contribution in [-0.4, -0.2) is 85.0 Å². The minimum Gasteiger partial charge on any atom is -0.446 e. The molecule has 6 atom stereocenters. The van der Waals surface area contributed by atoms with Gasteiger partial charge in [-0.1, -0.05) is 56.3 Å². The predicted molar refractivity (Wildman–Crippen MR) is 159 cm³/mol. The van der Waals surface area contributed by atoms with Crippen molar-refractivity contribution in [1.82, 2.24) is 14.9 Å².